The van der Waals surface area contributed by atoms with Gasteiger partial charge in [-0.3, -0.25) is 10.1 Å². The van der Waals surface area contributed by atoms with Gasteiger partial charge in [0, 0.05) is 14.8 Å². The molecule has 2 N–H and O–H groups in total. The van der Waals surface area contributed by atoms with Crippen LogP contribution in [0.25, 0.3) is 0 Å². The van der Waals surface area contributed by atoms with Crippen molar-refractivity contribution in [2.24, 2.45) is 0 Å². The Morgan fingerprint density at radius 1 is 1.27 bits per heavy atom. The molecule has 0 heterocycles. The summed E-state index contributed by atoms with van der Waals surface area (Å²) in [6, 6.07) is 14.4. The summed E-state index contributed by atoms with van der Waals surface area (Å²) in [6.07, 6.45) is 0. The van der Waals surface area contributed by atoms with E-state index < -0.39 is 0 Å². The third-order valence-electron chi connectivity index (χ3n) is 2.91. The van der Waals surface area contributed by atoms with Crippen molar-refractivity contribution in [3.8, 4) is 6.07 Å². The van der Waals surface area contributed by atoms with E-state index in [1.54, 1.807) is 30.3 Å². The molecule has 2 aromatic carbocycles. The van der Waals surface area contributed by atoms with Gasteiger partial charge in [0.25, 0.3) is 5.91 Å². The van der Waals surface area contributed by atoms with Crippen LogP contribution in [0.3, 0.4) is 0 Å². The summed E-state index contributed by atoms with van der Waals surface area (Å²) < 4.78 is 1.02. The molecule has 0 atom stereocenters. The van der Waals surface area contributed by atoms with Crippen molar-refractivity contribution in [2.75, 3.05) is 5.32 Å². The maximum absolute atomic E-state index is 12.1. The van der Waals surface area contributed by atoms with Gasteiger partial charge in [-0.25, -0.2) is 0 Å². The highest BCUT2D eigenvalue weighted by molar-refractivity contribution is 14.1. The first kappa shape index (κ1) is 16.4. The van der Waals surface area contributed by atoms with Crippen molar-refractivity contribution in [1.82, 2.24) is 5.32 Å². The third-order valence-corrected chi connectivity index (χ3v) is 4.28. The topological polar surface area (TPSA) is 64.9 Å². The molecule has 4 nitrogen and oxygen atoms in total. The fraction of sp³-hybridized carbons (Fsp3) is 0.0625. The number of carbonyl (C=O) groups excluding carboxylic acids is 1. The Labute approximate surface area is 147 Å². The summed E-state index contributed by atoms with van der Waals surface area (Å²) in [5.41, 5.74) is 2.84. The lowest BCUT2D eigenvalue weighted by atomic mass is 10.1. The molecule has 0 aliphatic rings. The lowest BCUT2D eigenvalue weighted by Gasteiger charge is -2.10. The molecule has 0 bridgehead atoms. The van der Waals surface area contributed by atoms with Crippen molar-refractivity contribution < 1.29 is 4.79 Å². The minimum absolute atomic E-state index is 0.190. The summed E-state index contributed by atoms with van der Waals surface area (Å²) in [7, 11) is 0. The Kier molecular flexibility index (Phi) is 5.46. The van der Waals surface area contributed by atoms with Crippen molar-refractivity contribution in [3.63, 3.8) is 0 Å². The van der Waals surface area contributed by atoms with Gasteiger partial charge in [0.05, 0.1) is 11.6 Å². The average molecular weight is 421 g/mol. The summed E-state index contributed by atoms with van der Waals surface area (Å²) in [5, 5.41) is 14.6. The first-order chi connectivity index (χ1) is 10.5. The van der Waals surface area contributed by atoms with Gasteiger partial charge < -0.3 is 5.32 Å². The average Bonchev–Trinajstić information content (AvgIpc) is 2.50. The van der Waals surface area contributed by atoms with Gasteiger partial charge in [0.2, 0.25) is 0 Å². The number of carbonyl (C=O) groups is 1. The second-order valence-electron chi connectivity index (χ2n) is 4.56. The van der Waals surface area contributed by atoms with Crippen LogP contribution < -0.4 is 10.6 Å². The molecule has 0 aliphatic heterocycles. The summed E-state index contributed by atoms with van der Waals surface area (Å²) >= 11 is 7.31. The van der Waals surface area contributed by atoms with Crippen LogP contribution in [0.1, 0.15) is 21.5 Å². The molecule has 0 unspecified atom stereocenters. The zero-order valence-electron chi connectivity index (χ0n) is 11.7. The Morgan fingerprint density at radius 3 is 2.73 bits per heavy atom. The summed E-state index contributed by atoms with van der Waals surface area (Å²) in [6.45, 7) is 1.98. The largest absolute Gasteiger partial charge is 0.332 e. The number of nitrogens with one attached hydrogen (secondary N) is 2. The lowest BCUT2D eigenvalue weighted by molar-refractivity contribution is 0.0977. The number of nitrogens with zero attached hydrogens (tertiary/aromatic N) is 1. The molecular formula is C16H12IN3OS. The molecule has 0 aromatic heterocycles. The monoisotopic (exact) mass is 421 g/mol. The Balaban J connectivity index is 2.03. The molecule has 0 radical (unpaired) electrons. The van der Waals surface area contributed by atoms with E-state index in [-0.39, 0.29) is 11.0 Å². The van der Waals surface area contributed by atoms with Gasteiger partial charge in [-0.1, -0.05) is 12.1 Å². The Hall–Kier alpha value is -1.98. The van der Waals surface area contributed by atoms with Gasteiger partial charge in [-0.2, -0.15) is 5.26 Å². The number of rotatable bonds is 2. The van der Waals surface area contributed by atoms with E-state index in [4.69, 9.17) is 17.5 Å². The first-order valence-corrected chi connectivity index (χ1v) is 7.87. The van der Waals surface area contributed by atoms with E-state index in [0.717, 1.165) is 9.13 Å². The smallest absolute Gasteiger partial charge is 0.257 e. The van der Waals surface area contributed by atoms with E-state index in [1.807, 2.05) is 25.1 Å². The molecule has 2 aromatic rings. The van der Waals surface area contributed by atoms with Crippen LogP contribution in [-0.2, 0) is 0 Å². The molecule has 0 fully saturated rings. The van der Waals surface area contributed by atoms with Crippen LogP contribution in [-0.4, -0.2) is 11.0 Å². The van der Waals surface area contributed by atoms with Gasteiger partial charge in [-0.15, -0.1) is 0 Å². The second-order valence-corrected chi connectivity index (χ2v) is 6.14. The lowest BCUT2D eigenvalue weighted by Crippen LogP contribution is -2.34. The third kappa shape index (κ3) is 4.26. The minimum atomic E-state index is -0.271. The molecule has 110 valence electrons. The molecule has 0 aliphatic carbocycles. The quantitative estimate of drug-likeness (QED) is 0.575. The van der Waals surface area contributed by atoms with Crippen LogP contribution in [0, 0.1) is 21.8 Å². The number of amides is 1. The molecule has 0 spiro atoms. The second kappa shape index (κ2) is 7.33. The minimum Gasteiger partial charge on any atom is -0.332 e. The van der Waals surface area contributed by atoms with Gasteiger partial charge >= 0.3 is 0 Å². The maximum atomic E-state index is 12.1. The van der Waals surface area contributed by atoms with Crippen LogP contribution in [0.5, 0.6) is 0 Å². The zero-order chi connectivity index (χ0) is 16.1. The van der Waals surface area contributed by atoms with E-state index in [1.165, 1.54) is 0 Å². The standard InChI is InChI=1S/C16H12IN3OS/c1-10-5-6-12(8-14(10)17)15(21)20-16(22)19-13-4-2-3-11(7-13)9-18/h2-8H,1H3,(H2,19,20,21,22). The van der Waals surface area contributed by atoms with E-state index in [9.17, 15) is 4.79 Å². The van der Waals surface area contributed by atoms with Crippen molar-refractivity contribution in [1.29, 1.82) is 5.26 Å². The highest BCUT2D eigenvalue weighted by Crippen LogP contribution is 2.14. The van der Waals surface area contributed by atoms with E-state index in [0.29, 0.717) is 16.8 Å². The van der Waals surface area contributed by atoms with E-state index >= 15 is 0 Å². The number of aryl methyl sites for hydroxylation is 1. The van der Waals surface area contributed by atoms with Crippen LogP contribution in [0.2, 0.25) is 0 Å². The number of nitriles is 1. The number of anilines is 1. The highest BCUT2D eigenvalue weighted by atomic mass is 127. The fourth-order valence-electron chi connectivity index (χ4n) is 1.74. The molecule has 0 saturated carbocycles. The van der Waals surface area contributed by atoms with Gasteiger partial charge in [-0.05, 0) is 77.6 Å². The molecule has 0 saturated heterocycles. The molecular weight excluding hydrogens is 409 g/mol. The predicted octanol–water partition coefficient (Wildman–Crippen LogP) is 3.60. The SMILES string of the molecule is Cc1ccc(C(=O)NC(=S)Nc2cccc(C#N)c2)cc1I. The zero-order valence-corrected chi connectivity index (χ0v) is 14.7. The predicted molar refractivity (Wildman–Crippen MR) is 98.7 cm³/mol. The van der Waals surface area contributed by atoms with Crippen LogP contribution >= 0.6 is 34.8 Å². The summed E-state index contributed by atoms with van der Waals surface area (Å²) in [5.74, 6) is -0.271. The normalized spacial score (nSPS) is 9.68. The fourth-order valence-corrected chi connectivity index (χ4v) is 2.46. The van der Waals surface area contributed by atoms with Crippen molar-refractivity contribution >= 4 is 51.5 Å². The Morgan fingerprint density at radius 2 is 2.05 bits per heavy atom. The summed E-state index contributed by atoms with van der Waals surface area (Å²) in [4.78, 5) is 12.1. The van der Waals surface area contributed by atoms with E-state index in [2.05, 4.69) is 33.2 Å². The molecule has 22 heavy (non-hydrogen) atoms. The van der Waals surface area contributed by atoms with Gasteiger partial charge in [0.1, 0.15) is 0 Å². The van der Waals surface area contributed by atoms with Crippen molar-refractivity contribution in [3.05, 3.63) is 62.7 Å². The van der Waals surface area contributed by atoms with Crippen LogP contribution in [0.15, 0.2) is 42.5 Å². The molecule has 2 rings (SSSR count). The molecule has 6 heteroatoms. The number of hydrogen-bond acceptors (Lipinski definition) is 3. The number of thiocarbonyl (C=S) groups is 1. The van der Waals surface area contributed by atoms with Crippen molar-refractivity contribution in [2.45, 2.75) is 6.92 Å². The first-order valence-electron chi connectivity index (χ1n) is 6.38. The number of halogens is 1. The van der Waals surface area contributed by atoms with Crippen LogP contribution in [0.4, 0.5) is 5.69 Å². The van der Waals surface area contributed by atoms with Gasteiger partial charge in [0.15, 0.2) is 5.11 Å². The highest BCUT2D eigenvalue weighted by Gasteiger charge is 2.09. The molecule has 1 amide bonds. The Bertz CT molecular complexity index is 783. The maximum Gasteiger partial charge on any atom is 0.257 e. The number of hydrogen-bond donors (Lipinski definition) is 2. The number of benzene rings is 2.